The van der Waals surface area contributed by atoms with E-state index in [1.54, 1.807) is 0 Å². The SMILES string of the molecule is C=C(CCC(NC(=C)NC(CCCCN)C(=C)C[C@@H](C)CC)C(=C)OC(C)(C)C)CC(C)(C)C. The van der Waals surface area contributed by atoms with Crippen LogP contribution in [0.4, 0.5) is 0 Å². The fourth-order valence-electron chi connectivity index (χ4n) is 4.03. The molecule has 0 saturated carbocycles. The van der Waals surface area contributed by atoms with E-state index < -0.39 is 0 Å². The van der Waals surface area contributed by atoms with Gasteiger partial charge in [0.2, 0.25) is 0 Å². The van der Waals surface area contributed by atoms with Gasteiger partial charge in [-0.1, -0.05) is 78.5 Å². The second-order valence-electron chi connectivity index (χ2n) is 12.2. The summed E-state index contributed by atoms with van der Waals surface area (Å²) in [4.78, 5) is 0. The molecule has 0 spiro atoms. The van der Waals surface area contributed by atoms with Gasteiger partial charge in [0.1, 0.15) is 11.4 Å². The van der Waals surface area contributed by atoms with Gasteiger partial charge < -0.3 is 21.1 Å². The van der Waals surface area contributed by atoms with Crippen molar-refractivity contribution in [1.82, 2.24) is 10.6 Å². The summed E-state index contributed by atoms with van der Waals surface area (Å²) in [5.74, 6) is 2.14. The molecule has 0 aliphatic rings. The zero-order valence-corrected chi connectivity index (χ0v) is 23.9. The van der Waals surface area contributed by atoms with Crippen LogP contribution in [0.25, 0.3) is 0 Å². The van der Waals surface area contributed by atoms with E-state index in [9.17, 15) is 0 Å². The van der Waals surface area contributed by atoms with Gasteiger partial charge in [0.25, 0.3) is 0 Å². The molecule has 0 fully saturated rings. The monoisotopic (exact) mass is 475 g/mol. The Hall–Kier alpha value is -1.68. The molecule has 4 N–H and O–H groups in total. The molecule has 0 saturated heterocycles. The lowest BCUT2D eigenvalue weighted by Crippen LogP contribution is -2.42. The quantitative estimate of drug-likeness (QED) is 0.108. The van der Waals surface area contributed by atoms with Crippen molar-refractivity contribution in [3.63, 3.8) is 0 Å². The molecule has 0 aromatic carbocycles. The molecule has 198 valence electrons. The minimum absolute atomic E-state index is 0.0523. The Balaban J connectivity index is 5.33. The van der Waals surface area contributed by atoms with Crippen molar-refractivity contribution in [3.05, 3.63) is 49.0 Å². The van der Waals surface area contributed by atoms with Crippen molar-refractivity contribution >= 4 is 0 Å². The number of rotatable bonds is 18. The topological polar surface area (TPSA) is 59.3 Å². The summed E-state index contributed by atoms with van der Waals surface area (Å²) in [6.07, 6.45) is 8.02. The Bertz CT molecular complexity index is 651. The lowest BCUT2D eigenvalue weighted by atomic mass is 9.86. The van der Waals surface area contributed by atoms with Gasteiger partial charge >= 0.3 is 0 Å². The first-order valence-electron chi connectivity index (χ1n) is 13.2. The number of allylic oxidation sites excluding steroid dienone is 1. The minimum Gasteiger partial charge on any atom is -0.491 e. The molecule has 0 rings (SSSR count). The molecule has 0 aromatic rings. The van der Waals surface area contributed by atoms with Crippen LogP contribution in [0, 0.1) is 11.3 Å². The zero-order valence-electron chi connectivity index (χ0n) is 23.9. The zero-order chi connectivity index (χ0) is 26.5. The van der Waals surface area contributed by atoms with Crippen LogP contribution in [-0.4, -0.2) is 24.2 Å². The van der Waals surface area contributed by atoms with Crippen molar-refractivity contribution in [2.45, 2.75) is 124 Å². The number of ether oxygens (including phenoxy) is 1. The third-order valence-electron chi connectivity index (χ3n) is 5.84. The highest BCUT2D eigenvalue weighted by molar-refractivity contribution is 5.13. The standard InChI is InChI=1S/C30H57N3O/c1-13-22(2)20-24(4)27(16-14-15-19-31)32-26(6)33-28(25(5)34-30(10,11)12)18-17-23(3)21-29(7,8)9/h22,27-28,32-33H,3-6,13-21,31H2,1-2,7-12H3/t22-,27?,28?/m0/s1. The Morgan fingerprint density at radius 2 is 1.50 bits per heavy atom. The van der Waals surface area contributed by atoms with Gasteiger partial charge in [-0.25, -0.2) is 0 Å². The van der Waals surface area contributed by atoms with E-state index in [0.717, 1.165) is 62.9 Å². The summed E-state index contributed by atoms with van der Waals surface area (Å²) in [5, 5.41) is 7.18. The number of nitrogens with two attached hydrogens (primary N) is 1. The minimum atomic E-state index is -0.302. The van der Waals surface area contributed by atoms with E-state index >= 15 is 0 Å². The molecule has 3 atom stereocenters. The van der Waals surface area contributed by atoms with Gasteiger partial charge in [-0.2, -0.15) is 0 Å². The highest BCUT2D eigenvalue weighted by Crippen LogP contribution is 2.27. The second kappa shape index (κ2) is 15.3. The lowest BCUT2D eigenvalue weighted by Gasteiger charge is -2.32. The lowest BCUT2D eigenvalue weighted by molar-refractivity contribution is 0.0399. The molecule has 0 aliphatic carbocycles. The Labute approximate surface area is 212 Å². The molecule has 0 heterocycles. The summed E-state index contributed by atoms with van der Waals surface area (Å²) in [5.41, 5.74) is 8.15. The van der Waals surface area contributed by atoms with Crippen LogP contribution in [0.15, 0.2) is 49.0 Å². The number of hydrogen-bond acceptors (Lipinski definition) is 4. The summed E-state index contributed by atoms with van der Waals surface area (Å²) < 4.78 is 6.15. The van der Waals surface area contributed by atoms with Gasteiger partial charge in [0.15, 0.2) is 0 Å². The van der Waals surface area contributed by atoms with Crippen LogP contribution in [0.1, 0.15) is 107 Å². The smallest absolute Gasteiger partial charge is 0.112 e. The number of unbranched alkanes of at least 4 members (excludes halogenated alkanes) is 1. The van der Waals surface area contributed by atoms with Gasteiger partial charge in [-0.15, -0.1) is 0 Å². The van der Waals surface area contributed by atoms with Crippen molar-refractivity contribution in [2.24, 2.45) is 17.1 Å². The van der Waals surface area contributed by atoms with Gasteiger partial charge in [0.05, 0.1) is 11.9 Å². The van der Waals surface area contributed by atoms with E-state index in [0.29, 0.717) is 12.5 Å². The summed E-state index contributed by atoms with van der Waals surface area (Å²) in [6.45, 7) is 35.4. The van der Waals surface area contributed by atoms with Gasteiger partial charge in [-0.05, 0) is 83.6 Å². The highest BCUT2D eigenvalue weighted by Gasteiger charge is 2.23. The molecule has 4 nitrogen and oxygen atoms in total. The molecule has 0 aliphatic heterocycles. The molecular formula is C30H57N3O. The van der Waals surface area contributed by atoms with Crippen LogP contribution in [-0.2, 0) is 4.74 Å². The van der Waals surface area contributed by atoms with E-state index in [-0.39, 0.29) is 23.1 Å². The summed E-state index contributed by atoms with van der Waals surface area (Å²) in [6, 6.07) is 0.123. The average molecular weight is 476 g/mol. The first-order chi connectivity index (χ1) is 15.6. The number of hydrogen-bond donors (Lipinski definition) is 3. The summed E-state index contributed by atoms with van der Waals surface area (Å²) >= 11 is 0. The largest absolute Gasteiger partial charge is 0.491 e. The van der Waals surface area contributed by atoms with E-state index in [1.165, 1.54) is 11.1 Å². The molecule has 4 heteroatoms. The van der Waals surface area contributed by atoms with Crippen LogP contribution >= 0.6 is 0 Å². The summed E-state index contributed by atoms with van der Waals surface area (Å²) in [7, 11) is 0. The maximum Gasteiger partial charge on any atom is 0.112 e. The maximum atomic E-state index is 6.15. The predicted octanol–water partition coefficient (Wildman–Crippen LogP) is 7.60. The maximum absolute atomic E-state index is 6.15. The average Bonchev–Trinajstić information content (AvgIpc) is 2.67. The molecular weight excluding hydrogens is 418 g/mol. The third-order valence-corrected chi connectivity index (χ3v) is 5.84. The van der Waals surface area contributed by atoms with Crippen LogP contribution in [0.3, 0.4) is 0 Å². The molecule has 2 unspecified atom stereocenters. The van der Waals surface area contributed by atoms with Gasteiger partial charge in [0, 0.05) is 6.04 Å². The molecule has 34 heavy (non-hydrogen) atoms. The molecule has 0 bridgehead atoms. The van der Waals surface area contributed by atoms with Crippen molar-refractivity contribution in [2.75, 3.05) is 6.54 Å². The Morgan fingerprint density at radius 3 is 2.00 bits per heavy atom. The van der Waals surface area contributed by atoms with Crippen molar-refractivity contribution in [3.8, 4) is 0 Å². The number of nitrogens with one attached hydrogen (secondary N) is 2. The first kappa shape index (κ1) is 32.3. The molecule has 0 amide bonds. The third kappa shape index (κ3) is 16.0. The fourth-order valence-corrected chi connectivity index (χ4v) is 4.03. The molecule has 0 aromatic heterocycles. The first-order valence-corrected chi connectivity index (χ1v) is 13.2. The van der Waals surface area contributed by atoms with E-state index in [1.807, 2.05) is 20.8 Å². The van der Waals surface area contributed by atoms with E-state index in [2.05, 4.69) is 71.6 Å². The van der Waals surface area contributed by atoms with Crippen LogP contribution < -0.4 is 16.4 Å². The fraction of sp³-hybridized carbons (Fsp3) is 0.733. The van der Waals surface area contributed by atoms with Crippen molar-refractivity contribution < 1.29 is 4.74 Å². The predicted molar refractivity (Wildman–Crippen MR) is 152 cm³/mol. The second-order valence-corrected chi connectivity index (χ2v) is 12.2. The van der Waals surface area contributed by atoms with Crippen LogP contribution in [0.2, 0.25) is 0 Å². The van der Waals surface area contributed by atoms with Crippen molar-refractivity contribution in [1.29, 1.82) is 0 Å². The van der Waals surface area contributed by atoms with Crippen LogP contribution in [0.5, 0.6) is 0 Å². The highest BCUT2D eigenvalue weighted by atomic mass is 16.5. The van der Waals surface area contributed by atoms with Gasteiger partial charge in [-0.3, -0.25) is 0 Å². The molecule has 0 radical (unpaired) electrons. The Kier molecular flexibility index (Phi) is 14.6. The normalized spacial score (nSPS) is 14.6. The van der Waals surface area contributed by atoms with E-state index in [4.69, 9.17) is 10.5 Å². The Morgan fingerprint density at radius 1 is 0.912 bits per heavy atom.